The molecule has 1 unspecified atom stereocenters. The van der Waals surface area contributed by atoms with Gasteiger partial charge in [0.2, 0.25) is 0 Å². The average Bonchev–Trinajstić information content (AvgIpc) is 3.07. The lowest BCUT2D eigenvalue weighted by atomic mass is 10.0. The predicted octanol–water partition coefficient (Wildman–Crippen LogP) is 3.71. The molecule has 0 radical (unpaired) electrons. The third-order valence-corrected chi connectivity index (χ3v) is 3.77. The summed E-state index contributed by atoms with van der Waals surface area (Å²) in [6, 6.07) is 15.3. The van der Waals surface area contributed by atoms with Crippen molar-refractivity contribution in [3.63, 3.8) is 0 Å². The lowest BCUT2D eigenvalue weighted by Gasteiger charge is -2.05. The van der Waals surface area contributed by atoms with Gasteiger partial charge in [-0.15, -0.1) is 0 Å². The average molecular weight is 226 g/mol. The van der Waals surface area contributed by atoms with Gasteiger partial charge < -0.3 is 5.11 Å². The smallest absolute Gasteiger partial charge is 0.0515 e. The van der Waals surface area contributed by atoms with E-state index < -0.39 is 0 Å². The van der Waals surface area contributed by atoms with Crippen LogP contribution in [0.25, 0.3) is 10.8 Å². The fraction of sp³-hybridized carbons (Fsp3) is 0.375. The molecule has 1 N–H and O–H groups in total. The van der Waals surface area contributed by atoms with Crippen molar-refractivity contribution in [2.24, 2.45) is 5.92 Å². The van der Waals surface area contributed by atoms with Crippen LogP contribution in [0.5, 0.6) is 0 Å². The second-order valence-corrected chi connectivity index (χ2v) is 5.29. The van der Waals surface area contributed by atoms with Crippen LogP contribution in [0.15, 0.2) is 42.5 Å². The Bertz CT molecular complexity index is 530. The van der Waals surface area contributed by atoms with Crippen LogP contribution < -0.4 is 0 Å². The lowest BCUT2D eigenvalue weighted by Crippen LogP contribution is -2.00. The molecule has 1 nitrogen and oxygen atoms in total. The first kappa shape index (κ1) is 10.8. The molecule has 0 aromatic heterocycles. The molecule has 1 fully saturated rings. The number of fused-ring (bicyclic) bond motifs is 1. The maximum atomic E-state index is 9.40. The van der Waals surface area contributed by atoms with E-state index in [2.05, 4.69) is 42.5 Å². The molecule has 0 bridgehead atoms. The van der Waals surface area contributed by atoms with E-state index >= 15 is 0 Å². The standard InChI is InChI=1S/C16H18O/c1-11(17)8-15-10-16(15)14-7-6-12-4-2-3-5-13(12)9-14/h2-7,9,11,15-17H,8,10H2,1H3/t11?,15-,16-/m0/s1. The van der Waals surface area contributed by atoms with Crippen LogP contribution >= 0.6 is 0 Å². The summed E-state index contributed by atoms with van der Waals surface area (Å²) in [5.74, 6) is 1.37. The van der Waals surface area contributed by atoms with E-state index in [1.165, 1.54) is 22.8 Å². The minimum Gasteiger partial charge on any atom is -0.393 e. The highest BCUT2D eigenvalue weighted by molar-refractivity contribution is 5.83. The molecule has 88 valence electrons. The molecule has 2 aromatic carbocycles. The molecule has 0 heterocycles. The van der Waals surface area contributed by atoms with Crippen molar-refractivity contribution in [1.29, 1.82) is 0 Å². The second-order valence-electron chi connectivity index (χ2n) is 5.29. The van der Waals surface area contributed by atoms with Crippen molar-refractivity contribution in [3.8, 4) is 0 Å². The molecule has 3 atom stereocenters. The normalized spacial score (nSPS) is 24.8. The summed E-state index contributed by atoms with van der Waals surface area (Å²) in [5.41, 5.74) is 1.44. The molecule has 0 spiro atoms. The Hall–Kier alpha value is -1.34. The Morgan fingerprint density at radius 1 is 1.18 bits per heavy atom. The Morgan fingerprint density at radius 3 is 2.71 bits per heavy atom. The predicted molar refractivity (Wildman–Crippen MR) is 71.1 cm³/mol. The van der Waals surface area contributed by atoms with E-state index in [1.807, 2.05) is 6.92 Å². The van der Waals surface area contributed by atoms with E-state index in [1.54, 1.807) is 0 Å². The minimum absolute atomic E-state index is 0.162. The fourth-order valence-electron chi connectivity index (χ4n) is 2.79. The molecule has 0 saturated heterocycles. The van der Waals surface area contributed by atoms with E-state index in [-0.39, 0.29) is 6.10 Å². The highest BCUT2D eigenvalue weighted by Gasteiger charge is 2.38. The van der Waals surface area contributed by atoms with Crippen molar-refractivity contribution in [3.05, 3.63) is 48.0 Å². The molecule has 1 aliphatic rings. The Labute approximate surface area is 102 Å². The van der Waals surface area contributed by atoms with Crippen LogP contribution in [0.2, 0.25) is 0 Å². The van der Waals surface area contributed by atoms with Gasteiger partial charge in [0.15, 0.2) is 0 Å². The van der Waals surface area contributed by atoms with Crippen molar-refractivity contribution in [1.82, 2.24) is 0 Å². The van der Waals surface area contributed by atoms with Crippen LogP contribution in [-0.2, 0) is 0 Å². The van der Waals surface area contributed by atoms with Crippen molar-refractivity contribution in [2.45, 2.75) is 31.8 Å². The largest absolute Gasteiger partial charge is 0.393 e. The number of aliphatic hydroxyl groups excluding tert-OH is 1. The van der Waals surface area contributed by atoms with Crippen LogP contribution in [0.4, 0.5) is 0 Å². The van der Waals surface area contributed by atoms with Gasteiger partial charge >= 0.3 is 0 Å². The topological polar surface area (TPSA) is 20.2 Å². The number of rotatable bonds is 3. The van der Waals surface area contributed by atoms with Crippen molar-refractivity contribution < 1.29 is 5.11 Å². The highest BCUT2D eigenvalue weighted by atomic mass is 16.3. The maximum absolute atomic E-state index is 9.40. The summed E-state index contributed by atoms with van der Waals surface area (Å²) in [6.45, 7) is 1.88. The molecule has 0 aliphatic heterocycles. The summed E-state index contributed by atoms with van der Waals surface area (Å²) in [7, 11) is 0. The van der Waals surface area contributed by atoms with Gasteiger partial charge in [0.05, 0.1) is 6.10 Å². The Morgan fingerprint density at radius 2 is 1.94 bits per heavy atom. The zero-order valence-electron chi connectivity index (χ0n) is 10.1. The Balaban J connectivity index is 1.83. The van der Waals surface area contributed by atoms with E-state index in [0.717, 1.165) is 6.42 Å². The number of aliphatic hydroxyl groups is 1. The molecular weight excluding hydrogens is 208 g/mol. The summed E-state index contributed by atoms with van der Waals surface area (Å²) < 4.78 is 0. The molecule has 2 aromatic rings. The fourth-order valence-corrected chi connectivity index (χ4v) is 2.79. The van der Waals surface area contributed by atoms with Crippen LogP contribution in [-0.4, -0.2) is 11.2 Å². The Kier molecular flexibility index (Phi) is 2.64. The lowest BCUT2D eigenvalue weighted by molar-refractivity contribution is 0.176. The van der Waals surface area contributed by atoms with Crippen LogP contribution in [0.1, 0.15) is 31.2 Å². The first-order valence-electron chi connectivity index (χ1n) is 6.41. The third-order valence-electron chi connectivity index (χ3n) is 3.77. The molecule has 0 amide bonds. The van der Waals surface area contributed by atoms with Gasteiger partial charge in [0.25, 0.3) is 0 Å². The van der Waals surface area contributed by atoms with Crippen LogP contribution in [0.3, 0.4) is 0 Å². The summed E-state index contributed by atoms with van der Waals surface area (Å²) in [4.78, 5) is 0. The zero-order chi connectivity index (χ0) is 11.8. The van der Waals surface area contributed by atoms with E-state index in [9.17, 15) is 5.11 Å². The monoisotopic (exact) mass is 226 g/mol. The number of benzene rings is 2. The molecule has 1 saturated carbocycles. The van der Waals surface area contributed by atoms with E-state index in [4.69, 9.17) is 0 Å². The summed E-state index contributed by atoms with van der Waals surface area (Å²) in [6.07, 6.45) is 2.02. The van der Waals surface area contributed by atoms with Crippen molar-refractivity contribution in [2.75, 3.05) is 0 Å². The molecule has 1 heteroatoms. The van der Waals surface area contributed by atoms with Crippen molar-refractivity contribution >= 4 is 10.8 Å². The number of hydrogen-bond acceptors (Lipinski definition) is 1. The highest BCUT2D eigenvalue weighted by Crippen LogP contribution is 2.50. The quantitative estimate of drug-likeness (QED) is 0.845. The third kappa shape index (κ3) is 2.20. The number of hydrogen-bond donors (Lipinski definition) is 1. The summed E-state index contributed by atoms with van der Waals surface area (Å²) in [5, 5.41) is 12.0. The molecule has 1 aliphatic carbocycles. The molecule has 3 rings (SSSR count). The zero-order valence-corrected chi connectivity index (χ0v) is 10.1. The summed E-state index contributed by atoms with van der Waals surface area (Å²) >= 11 is 0. The second kappa shape index (κ2) is 4.15. The van der Waals surface area contributed by atoms with Gasteiger partial charge in [-0.3, -0.25) is 0 Å². The van der Waals surface area contributed by atoms with Gasteiger partial charge in [-0.2, -0.15) is 0 Å². The van der Waals surface area contributed by atoms with Gasteiger partial charge in [0.1, 0.15) is 0 Å². The van der Waals surface area contributed by atoms with Gasteiger partial charge in [-0.1, -0.05) is 42.5 Å². The maximum Gasteiger partial charge on any atom is 0.0515 e. The SMILES string of the molecule is CC(O)C[C@H]1C[C@H]1c1ccc2ccccc2c1. The van der Waals surface area contributed by atoms with Gasteiger partial charge in [-0.05, 0) is 47.9 Å². The van der Waals surface area contributed by atoms with E-state index in [0.29, 0.717) is 11.8 Å². The van der Waals surface area contributed by atoms with Gasteiger partial charge in [-0.25, -0.2) is 0 Å². The first-order chi connectivity index (χ1) is 8.24. The molecular formula is C16H18O. The minimum atomic E-state index is -0.162. The van der Waals surface area contributed by atoms with Crippen LogP contribution in [0, 0.1) is 5.92 Å². The first-order valence-corrected chi connectivity index (χ1v) is 6.41. The molecule has 17 heavy (non-hydrogen) atoms. The van der Waals surface area contributed by atoms with Gasteiger partial charge in [0, 0.05) is 0 Å².